The summed E-state index contributed by atoms with van der Waals surface area (Å²) in [6.07, 6.45) is 4.47. The van der Waals surface area contributed by atoms with Crippen molar-refractivity contribution in [3.8, 4) is 0 Å². The van der Waals surface area contributed by atoms with Gasteiger partial charge in [0.25, 0.3) is 5.91 Å². The zero-order chi connectivity index (χ0) is 11.8. The van der Waals surface area contributed by atoms with Crippen molar-refractivity contribution in [1.29, 1.82) is 0 Å². The number of pyridine rings is 1. The van der Waals surface area contributed by atoms with Crippen LogP contribution < -0.4 is 5.32 Å². The van der Waals surface area contributed by atoms with Crippen LogP contribution in [0.3, 0.4) is 0 Å². The van der Waals surface area contributed by atoms with Crippen molar-refractivity contribution in [3.63, 3.8) is 0 Å². The number of carboxylic acid groups (broad SMARTS) is 1. The summed E-state index contributed by atoms with van der Waals surface area (Å²) >= 11 is 0. The Hall–Kier alpha value is -1.91. The Labute approximate surface area is 93.5 Å². The van der Waals surface area contributed by atoms with Gasteiger partial charge in [0.15, 0.2) is 0 Å². The third kappa shape index (κ3) is 4.54. The molecule has 1 aromatic rings. The van der Waals surface area contributed by atoms with Crippen LogP contribution in [-0.4, -0.2) is 28.5 Å². The van der Waals surface area contributed by atoms with E-state index in [9.17, 15) is 9.59 Å². The molecule has 0 spiro atoms. The first-order valence-corrected chi connectivity index (χ1v) is 5.10. The number of rotatable bonds is 6. The molecule has 0 saturated heterocycles. The molecule has 1 amide bonds. The smallest absolute Gasteiger partial charge is 0.303 e. The third-order valence-electron chi connectivity index (χ3n) is 2.03. The SMILES string of the molecule is O=C(O)CCCCNC(=O)c1cccnc1. The summed E-state index contributed by atoms with van der Waals surface area (Å²) in [6, 6.07) is 3.37. The van der Waals surface area contributed by atoms with Gasteiger partial charge in [-0.15, -0.1) is 0 Å². The molecule has 1 aromatic heterocycles. The second-order valence-electron chi connectivity index (χ2n) is 3.35. The molecule has 0 saturated carbocycles. The summed E-state index contributed by atoms with van der Waals surface area (Å²) in [4.78, 5) is 25.5. The van der Waals surface area contributed by atoms with Gasteiger partial charge in [0.05, 0.1) is 5.56 Å². The summed E-state index contributed by atoms with van der Waals surface area (Å²) in [5.41, 5.74) is 0.515. The van der Waals surface area contributed by atoms with Crippen LogP contribution in [0.2, 0.25) is 0 Å². The molecule has 0 fully saturated rings. The summed E-state index contributed by atoms with van der Waals surface area (Å²) in [5.74, 6) is -0.984. The van der Waals surface area contributed by atoms with Gasteiger partial charge in [-0.1, -0.05) is 0 Å². The van der Waals surface area contributed by atoms with Crippen molar-refractivity contribution in [2.75, 3.05) is 6.54 Å². The molecule has 86 valence electrons. The molecule has 0 aromatic carbocycles. The van der Waals surface area contributed by atoms with Crippen molar-refractivity contribution in [2.24, 2.45) is 0 Å². The number of hydrogen-bond donors (Lipinski definition) is 2. The van der Waals surface area contributed by atoms with Crippen LogP contribution in [-0.2, 0) is 4.79 Å². The fourth-order valence-electron chi connectivity index (χ4n) is 1.20. The van der Waals surface area contributed by atoms with Gasteiger partial charge in [-0.3, -0.25) is 14.6 Å². The van der Waals surface area contributed by atoms with E-state index in [2.05, 4.69) is 10.3 Å². The third-order valence-corrected chi connectivity index (χ3v) is 2.03. The van der Waals surface area contributed by atoms with Crippen LogP contribution >= 0.6 is 0 Å². The number of carbonyl (C=O) groups excluding carboxylic acids is 1. The number of unbranched alkanes of at least 4 members (excludes halogenated alkanes) is 1. The fourth-order valence-corrected chi connectivity index (χ4v) is 1.20. The number of aliphatic carboxylic acids is 1. The van der Waals surface area contributed by atoms with Gasteiger partial charge in [0, 0.05) is 25.4 Å². The van der Waals surface area contributed by atoms with Crippen LogP contribution in [0.1, 0.15) is 29.6 Å². The lowest BCUT2D eigenvalue weighted by molar-refractivity contribution is -0.137. The maximum Gasteiger partial charge on any atom is 0.303 e. The maximum atomic E-state index is 11.5. The van der Waals surface area contributed by atoms with Crippen LogP contribution in [0, 0.1) is 0 Å². The average Bonchev–Trinajstić information content (AvgIpc) is 2.29. The Morgan fingerprint density at radius 3 is 2.81 bits per heavy atom. The first kappa shape index (κ1) is 12.2. The first-order chi connectivity index (χ1) is 7.70. The van der Waals surface area contributed by atoms with Crippen molar-refractivity contribution >= 4 is 11.9 Å². The quantitative estimate of drug-likeness (QED) is 0.705. The highest BCUT2D eigenvalue weighted by molar-refractivity contribution is 5.93. The van der Waals surface area contributed by atoms with E-state index in [1.54, 1.807) is 18.3 Å². The molecule has 1 heterocycles. The Morgan fingerprint density at radius 1 is 1.38 bits per heavy atom. The molecule has 2 N–H and O–H groups in total. The number of nitrogens with one attached hydrogen (secondary N) is 1. The van der Waals surface area contributed by atoms with Gasteiger partial charge in [0.1, 0.15) is 0 Å². The first-order valence-electron chi connectivity index (χ1n) is 5.10. The number of hydrogen-bond acceptors (Lipinski definition) is 3. The van der Waals surface area contributed by atoms with Gasteiger partial charge in [0.2, 0.25) is 0 Å². The van der Waals surface area contributed by atoms with Gasteiger partial charge >= 0.3 is 5.97 Å². The van der Waals surface area contributed by atoms with E-state index in [0.29, 0.717) is 24.9 Å². The lowest BCUT2D eigenvalue weighted by Gasteiger charge is -2.03. The van der Waals surface area contributed by atoms with E-state index in [-0.39, 0.29) is 12.3 Å². The minimum atomic E-state index is -0.807. The molecule has 0 aliphatic carbocycles. The van der Waals surface area contributed by atoms with Crippen molar-refractivity contribution < 1.29 is 14.7 Å². The molecule has 0 aliphatic heterocycles. The number of nitrogens with zero attached hydrogens (tertiary/aromatic N) is 1. The standard InChI is InChI=1S/C11H14N2O3/c14-10(15)5-1-2-7-13-11(16)9-4-3-6-12-8-9/h3-4,6,8H,1-2,5,7H2,(H,13,16)(H,14,15). The Bertz CT molecular complexity index is 352. The van der Waals surface area contributed by atoms with E-state index in [1.807, 2.05) is 0 Å². The predicted octanol–water partition coefficient (Wildman–Crippen LogP) is 1.07. The summed E-state index contributed by atoms with van der Waals surface area (Å²) in [6.45, 7) is 0.487. The average molecular weight is 222 g/mol. The minimum Gasteiger partial charge on any atom is -0.481 e. The van der Waals surface area contributed by atoms with Gasteiger partial charge < -0.3 is 10.4 Å². The molecule has 0 aliphatic rings. The largest absolute Gasteiger partial charge is 0.481 e. The van der Waals surface area contributed by atoms with Crippen molar-refractivity contribution in [3.05, 3.63) is 30.1 Å². The van der Waals surface area contributed by atoms with E-state index < -0.39 is 5.97 Å². The normalized spacial score (nSPS) is 9.75. The van der Waals surface area contributed by atoms with Crippen LogP contribution in [0.25, 0.3) is 0 Å². The number of carboxylic acids is 1. The molecular formula is C11H14N2O3. The fraction of sp³-hybridized carbons (Fsp3) is 0.364. The van der Waals surface area contributed by atoms with Gasteiger partial charge in [-0.2, -0.15) is 0 Å². The minimum absolute atomic E-state index is 0.142. The van der Waals surface area contributed by atoms with Crippen molar-refractivity contribution in [2.45, 2.75) is 19.3 Å². The number of aromatic nitrogens is 1. The summed E-state index contributed by atoms with van der Waals surface area (Å²) in [7, 11) is 0. The molecule has 1 rings (SSSR count). The lowest BCUT2D eigenvalue weighted by atomic mass is 10.2. The Kier molecular flexibility index (Phi) is 4.98. The van der Waals surface area contributed by atoms with E-state index in [0.717, 1.165) is 0 Å². The zero-order valence-corrected chi connectivity index (χ0v) is 8.85. The highest BCUT2D eigenvalue weighted by atomic mass is 16.4. The van der Waals surface area contributed by atoms with Crippen LogP contribution in [0.5, 0.6) is 0 Å². The molecule has 0 radical (unpaired) electrons. The summed E-state index contributed by atoms with van der Waals surface area (Å²) < 4.78 is 0. The zero-order valence-electron chi connectivity index (χ0n) is 8.85. The predicted molar refractivity (Wildman–Crippen MR) is 58.1 cm³/mol. The highest BCUT2D eigenvalue weighted by Crippen LogP contribution is 1.97. The van der Waals surface area contributed by atoms with Gasteiger partial charge in [-0.25, -0.2) is 0 Å². The summed E-state index contributed by atoms with van der Waals surface area (Å²) in [5, 5.41) is 11.1. The molecule has 0 unspecified atom stereocenters. The van der Waals surface area contributed by atoms with E-state index >= 15 is 0 Å². The van der Waals surface area contributed by atoms with Crippen molar-refractivity contribution in [1.82, 2.24) is 10.3 Å². The molecule has 16 heavy (non-hydrogen) atoms. The Balaban J connectivity index is 2.19. The monoisotopic (exact) mass is 222 g/mol. The van der Waals surface area contributed by atoms with Gasteiger partial charge in [-0.05, 0) is 25.0 Å². The van der Waals surface area contributed by atoms with Crippen LogP contribution in [0.4, 0.5) is 0 Å². The second kappa shape index (κ2) is 6.55. The van der Waals surface area contributed by atoms with E-state index in [4.69, 9.17) is 5.11 Å². The molecule has 0 atom stereocenters. The second-order valence-corrected chi connectivity index (χ2v) is 3.35. The maximum absolute atomic E-state index is 11.5. The highest BCUT2D eigenvalue weighted by Gasteiger charge is 2.03. The lowest BCUT2D eigenvalue weighted by Crippen LogP contribution is -2.24. The van der Waals surface area contributed by atoms with Crippen LogP contribution in [0.15, 0.2) is 24.5 Å². The topological polar surface area (TPSA) is 79.3 Å². The van der Waals surface area contributed by atoms with E-state index in [1.165, 1.54) is 6.20 Å². The molecular weight excluding hydrogens is 208 g/mol. The Morgan fingerprint density at radius 2 is 2.19 bits per heavy atom. The number of amides is 1. The molecule has 5 heteroatoms. The molecule has 0 bridgehead atoms. The number of carbonyl (C=O) groups is 2. The molecule has 5 nitrogen and oxygen atoms in total.